The smallest absolute Gasteiger partial charge is 0.351 e. The monoisotopic (exact) mass is 396 g/mol. The van der Waals surface area contributed by atoms with Crippen LogP contribution in [0.2, 0.25) is 0 Å². The van der Waals surface area contributed by atoms with Crippen LogP contribution in [0.1, 0.15) is 46.4 Å². The lowest BCUT2D eigenvalue weighted by Crippen LogP contribution is -2.13. The van der Waals surface area contributed by atoms with Gasteiger partial charge in [0.05, 0.1) is 17.1 Å². The Morgan fingerprint density at radius 3 is 2.22 bits per heavy atom. The van der Waals surface area contributed by atoms with E-state index in [1.165, 1.54) is 7.11 Å². The molecule has 122 valence electrons. The molecule has 0 atom stereocenters. The molecule has 0 spiro atoms. The third kappa shape index (κ3) is 4.00. The van der Waals surface area contributed by atoms with E-state index in [0.717, 1.165) is 16.9 Å². The number of carbonyl (C=O) groups is 2. The van der Waals surface area contributed by atoms with Gasteiger partial charge in [-0.25, -0.2) is 9.59 Å². The van der Waals surface area contributed by atoms with Gasteiger partial charge in [0.25, 0.3) is 0 Å². The van der Waals surface area contributed by atoms with Crippen LogP contribution >= 0.6 is 27.3 Å². The van der Waals surface area contributed by atoms with E-state index in [4.69, 9.17) is 9.47 Å². The zero-order valence-electron chi connectivity index (χ0n) is 13.3. The Bertz CT molecular complexity index is 726. The maximum Gasteiger partial charge on any atom is 0.351 e. The molecular formula is C17H17BrO4S. The Morgan fingerprint density at radius 2 is 1.70 bits per heavy atom. The number of hydrogen-bond donors (Lipinski definition) is 0. The van der Waals surface area contributed by atoms with Crippen LogP contribution in [-0.2, 0) is 10.2 Å². The van der Waals surface area contributed by atoms with Crippen molar-refractivity contribution in [3.63, 3.8) is 0 Å². The van der Waals surface area contributed by atoms with Gasteiger partial charge in [0.1, 0.15) is 0 Å². The van der Waals surface area contributed by atoms with E-state index in [9.17, 15) is 9.59 Å². The molecule has 0 fully saturated rings. The van der Waals surface area contributed by atoms with E-state index < -0.39 is 11.9 Å². The van der Waals surface area contributed by atoms with Gasteiger partial charge in [0.15, 0.2) is 10.6 Å². The molecule has 0 aliphatic heterocycles. The first-order valence-corrected chi connectivity index (χ1v) is 8.59. The molecule has 0 radical (unpaired) electrons. The Kier molecular flexibility index (Phi) is 5.26. The highest BCUT2D eigenvalue weighted by atomic mass is 79.9. The first-order chi connectivity index (χ1) is 10.7. The fraction of sp³-hybridized carbons (Fsp3) is 0.294. The van der Waals surface area contributed by atoms with E-state index in [1.807, 2.05) is 12.1 Å². The highest BCUT2D eigenvalue weighted by molar-refractivity contribution is 9.10. The summed E-state index contributed by atoms with van der Waals surface area (Å²) in [5.74, 6) is -0.868. The van der Waals surface area contributed by atoms with Gasteiger partial charge in [0.2, 0.25) is 0 Å². The zero-order valence-corrected chi connectivity index (χ0v) is 15.7. The van der Waals surface area contributed by atoms with Gasteiger partial charge in [0, 0.05) is 5.38 Å². The van der Waals surface area contributed by atoms with E-state index >= 15 is 0 Å². The van der Waals surface area contributed by atoms with Gasteiger partial charge in [-0.15, -0.1) is 11.3 Å². The van der Waals surface area contributed by atoms with Gasteiger partial charge in [-0.2, -0.15) is 0 Å². The highest BCUT2D eigenvalue weighted by Gasteiger charge is 2.22. The van der Waals surface area contributed by atoms with Crippen molar-refractivity contribution in [3.8, 4) is 5.75 Å². The maximum absolute atomic E-state index is 12.3. The summed E-state index contributed by atoms with van der Waals surface area (Å²) in [6.07, 6.45) is 0. The average Bonchev–Trinajstić information content (AvgIpc) is 2.87. The van der Waals surface area contributed by atoms with Crippen LogP contribution in [0.4, 0.5) is 0 Å². The van der Waals surface area contributed by atoms with Crippen molar-refractivity contribution in [3.05, 3.63) is 50.1 Å². The normalized spacial score (nSPS) is 11.2. The number of methoxy groups -OCH3 is 1. The summed E-state index contributed by atoms with van der Waals surface area (Å²) in [6, 6.07) is 7.25. The second kappa shape index (κ2) is 6.84. The summed E-state index contributed by atoms with van der Waals surface area (Å²) in [4.78, 5) is 24.2. The Labute approximate surface area is 147 Å². The lowest BCUT2D eigenvalue weighted by molar-refractivity contribution is 0.0599. The molecule has 0 unspecified atom stereocenters. The standard InChI is InChI=1S/C17H17BrO4S/c1-17(2,3)11-7-5-10(6-8-11)15(19)22-13-12(18)9-23-14(13)16(20)21-4/h5-9H,1-4H3. The van der Waals surface area contributed by atoms with E-state index in [1.54, 1.807) is 17.5 Å². The van der Waals surface area contributed by atoms with Gasteiger partial charge < -0.3 is 9.47 Å². The van der Waals surface area contributed by atoms with E-state index in [2.05, 4.69) is 36.7 Å². The van der Waals surface area contributed by atoms with Crippen molar-refractivity contribution >= 4 is 39.2 Å². The van der Waals surface area contributed by atoms with Crippen molar-refractivity contribution in [2.24, 2.45) is 0 Å². The fourth-order valence-corrected chi connectivity index (χ4v) is 3.37. The predicted octanol–water partition coefficient (Wildman–Crippen LogP) is 4.81. The lowest BCUT2D eigenvalue weighted by Gasteiger charge is -2.18. The Balaban J connectivity index is 2.23. The highest BCUT2D eigenvalue weighted by Crippen LogP contribution is 2.36. The number of hydrogen-bond acceptors (Lipinski definition) is 5. The molecule has 0 saturated heterocycles. The second-order valence-corrected chi connectivity index (χ2v) is 7.68. The summed E-state index contributed by atoms with van der Waals surface area (Å²) >= 11 is 4.43. The van der Waals surface area contributed by atoms with Gasteiger partial charge >= 0.3 is 11.9 Å². The molecule has 0 aliphatic carbocycles. The van der Waals surface area contributed by atoms with Crippen LogP contribution in [-0.4, -0.2) is 19.0 Å². The predicted molar refractivity (Wildman–Crippen MR) is 93.5 cm³/mol. The Hall–Kier alpha value is -1.66. The Morgan fingerprint density at radius 1 is 1.09 bits per heavy atom. The van der Waals surface area contributed by atoms with Crippen molar-refractivity contribution in [2.75, 3.05) is 7.11 Å². The summed E-state index contributed by atoms with van der Waals surface area (Å²) in [5.41, 5.74) is 1.56. The second-order valence-electron chi connectivity index (χ2n) is 5.95. The number of rotatable bonds is 3. The largest absolute Gasteiger partial charge is 0.465 e. The lowest BCUT2D eigenvalue weighted by atomic mass is 9.87. The summed E-state index contributed by atoms with van der Waals surface area (Å²) < 4.78 is 10.6. The quantitative estimate of drug-likeness (QED) is 0.698. The van der Waals surface area contributed by atoms with Crippen LogP contribution in [0.25, 0.3) is 0 Å². The average molecular weight is 397 g/mol. The molecule has 2 rings (SSSR count). The maximum atomic E-state index is 12.3. The first-order valence-electron chi connectivity index (χ1n) is 6.92. The molecule has 0 amide bonds. The molecule has 0 aliphatic rings. The minimum absolute atomic E-state index is 0.0108. The molecular weight excluding hydrogens is 380 g/mol. The van der Waals surface area contributed by atoms with Gasteiger partial charge in [-0.3, -0.25) is 0 Å². The third-order valence-corrected chi connectivity index (χ3v) is 5.09. The number of thiophene rings is 1. The molecule has 23 heavy (non-hydrogen) atoms. The number of ether oxygens (including phenoxy) is 2. The summed E-state index contributed by atoms with van der Waals surface area (Å²) in [5, 5.41) is 1.68. The third-order valence-electron chi connectivity index (χ3n) is 3.26. The van der Waals surface area contributed by atoms with Crippen LogP contribution < -0.4 is 4.74 Å². The van der Waals surface area contributed by atoms with Crippen LogP contribution in [0.5, 0.6) is 5.75 Å². The fourth-order valence-electron chi connectivity index (χ4n) is 1.91. The number of carbonyl (C=O) groups excluding carboxylic acids is 2. The van der Waals surface area contributed by atoms with Gasteiger partial charge in [-0.05, 0) is 39.0 Å². The van der Waals surface area contributed by atoms with Crippen LogP contribution in [0.3, 0.4) is 0 Å². The first kappa shape index (κ1) is 17.7. The van der Waals surface area contributed by atoms with Crippen molar-refractivity contribution in [1.29, 1.82) is 0 Å². The molecule has 1 aromatic carbocycles. The van der Waals surface area contributed by atoms with Crippen LogP contribution in [0, 0.1) is 0 Å². The van der Waals surface area contributed by atoms with Gasteiger partial charge in [-0.1, -0.05) is 32.9 Å². The molecule has 0 saturated carbocycles. The minimum Gasteiger partial charge on any atom is -0.465 e. The molecule has 1 heterocycles. The molecule has 0 N–H and O–H groups in total. The number of benzene rings is 1. The SMILES string of the molecule is COC(=O)c1scc(Br)c1OC(=O)c1ccc(C(C)(C)C)cc1. The number of halogens is 1. The molecule has 6 heteroatoms. The minimum atomic E-state index is -0.536. The summed E-state index contributed by atoms with van der Waals surface area (Å²) in [6.45, 7) is 6.31. The summed E-state index contributed by atoms with van der Waals surface area (Å²) in [7, 11) is 1.28. The molecule has 4 nitrogen and oxygen atoms in total. The van der Waals surface area contributed by atoms with E-state index in [0.29, 0.717) is 10.0 Å². The topological polar surface area (TPSA) is 52.6 Å². The molecule has 1 aromatic heterocycles. The van der Waals surface area contributed by atoms with E-state index in [-0.39, 0.29) is 16.0 Å². The molecule has 2 aromatic rings. The van der Waals surface area contributed by atoms with Crippen molar-refractivity contribution in [2.45, 2.75) is 26.2 Å². The molecule has 0 bridgehead atoms. The van der Waals surface area contributed by atoms with Crippen molar-refractivity contribution in [1.82, 2.24) is 0 Å². The van der Waals surface area contributed by atoms with Crippen molar-refractivity contribution < 1.29 is 19.1 Å². The zero-order chi connectivity index (χ0) is 17.2. The number of esters is 2. The van der Waals surface area contributed by atoms with Crippen LogP contribution in [0.15, 0.2) is 34.1 Å².